The van der Waals surface area contributed by atoms with Gasteiger partial charge in [0.1, 0.15) is 22.7 Å². The quantitative estimate of drug-likeness (QED) is 0.152. The van der Waals surface area contributed by atoms with Crippen LogP contribution in [-0.2, 0) is 0 Å². The van der Waals surface area contributed by atoms with E-state index in [0.717, 1.165) is 78.6 Å². The minimum atomic E-state index is 0.904. The molecule has 0 fully saturated rings. The van der Waals surface area contributed by atoms with Crippen molar-refractivity contribution in [2.24, 2.45) is 0 Å². The van der Waals surface area contributed by atoms with Crippen LogP contribution in [0.3, 0.4) is 0 Å². The highest BCUT2D eigenvalue weighted by Gasteiger charge is 2.30. The Morgan fingerprint density at radius 2 is 0.604 bits per heavy atom. The van der Waals surface area contributed by atoms with Crippen molar-refractivity contribution in [3.63, 3.8) is 0 Å². The third-order valence-electron chi connectivity index (χ3n) is 19.6. The van der Waals surface area contributed by atoms with Crippen molar-refractivity contribution in [2.75, 3.05) is 4.90 Å². The average molecular weight is 1220 g/mol. The van der Waals surface area contributed by atoms with E-state index < -0.39 is 0 Å². The summed E-state index contributed by atoms with van der Waals surface area (Å²) in [7, 11) is 0. The van der Waals surface area contributed by atoms with Crippen molar-refractivity contribution in [2.45, 2.75) is 0 Å². The summed E-state index contributed by atoms with van der Waals surface area (Å²) in [6, 6.07) is 126. The van der Waals surface area contributed by atoms with Gasteiger partial charge in [0.2, 0.25) is 0 Å². The average Bonchev–Trinajstić information content (AvgIpc) is 1.57. The molecule has 3 heterocycles. The van der Waals surface area contributed by atoms with E-state index in [9.17, 15) is 0 Å². The Labute approximate surface area is 555 Å². The molecule has 15 aromatic carbocycles. The Kier molecular flexibility index (Phi) is 12.9. The van der Waals surface area contributed by atoms with Gasteiger partial charge in [-0.1, -0.05) is 279 Å². The first-order chi connectivity index (χ1) is 47.6. The molecular weight excluding hydrogens is 1170 g/mol. The molecule has 0 N–H and O–H groups in total. The summed E-state index contributed by atoms with van der Waals surface area (Å²) in [6.45, 7) is 0. The summed E-state index contributed by atoms with van der Waals surface area (Å²) in [6.07, 6.45) is 0. The molecule has 0 unspecified atom stereocenters. The Balaban J connectivity index is 0.000000136. The highest BCUT2D eigenvalue weighted by molar-refractivity contribution is 6.23. The molecule has 0 aliphatic heterocycles. The molecule has 0 amide bonds. The molecule has 0 spiro atoms. The predicted octanol–water partition coefficient (Wildman–Crippen LogP) is 25.9. The molecule has 0 saturated heterocycles. The smallest absolute Gasteiger partial charge is 0.143 e. The summed E-state index contributed by atoms with van der Waals surface area (Å²) >= 11 is 0. The van der Waals surface area contributed by atoms with E-state index in [2.05, 4.69) is 361 Å². The maximum Gasteiger partial charge on any atom is 0.143 e. The minimum absolute atomic E-state index is 0.904. The van der Waals surface area contributed by atoms with Crippen molar-refractivity contribution in [1.29, 1.82) is 0 Å². The van der Waals surface area contributed by atoms with Gasteiger partial charge in [0, 0.05) is 71.9 Å². The van der Waals surface area contributed by atoms with E-state index in [0.29, 0.717) is 0 Å². The number of nitrogens with zero attached hydrogens (tertiary/aromatic N) is 2. The van der Waals surface area contributed by atoms with E-state index in [1.807, 2.05) is 0 Å². The van der Waals surface area contributed by atoms with Crippen molar-refractivity contribution in [1.82, 2.24) is 4.57 Å². The van der Waals surface area contributed by atoms with Crippen LogP contribution in [0.25, 0.3) is 172 Å². The topological polar surface area (TPSA) is 34.5 Å². The number of hydrogen-bond acceptors (Lipinski definition) is 3. The van der Waals surface area contributed by atoms with Crippen LogP contribution >= 0.6 is 0 Å². The standard InChI is InChI=1S/C48H31NO.C44H27NO/c1-3-14-36(15-4-1)49(37-16-5-2-6-17-37)38-29-27-33(28-30-38)32-23-25-34(26-24-32)47-45-43-22-12-11-20-41(43)40-19-9-10-21-42(40)44-31-35-13-7-8-18-39(35)48(50-47)46(44)45;1-2-11-33-32(10-1)34-12-3-4-15-38(34)43-42-37(33)16-9-19-41(42)46-44(43)30-22-20-28(21-23-30)29-24-26-31(27-25-29)45-39-17-7-5-13-35(39)36-14-6-8-18-40(36)45/h1-31H;1-27H. The first-order valence-electron chi connectivity index (χ1n) is 32.9. The van der Waals surface area contributed by atoms with Gasteiger partial charge in [-0.2, -0.15) is 0 Å². The lowest BCUT2D eigenvalue weighted by Crippen LogP contribution is -2.09. The number of anilines is 3. The number of furan rings is 2. The molecular formula is C92H58N2O2. The zero-order valence-electron chi connectivity index (χ0n) is 52.2. The van der Waals surface area contributed by atoms with Gasteiger partial charge >= 0.3 is 0 Å². The Hall–Kier alpha value is -12.8. The molecule has 0 bridgehead atoms. The van der Waals surface area contributed by atoms with Gasteiger partial charge < -0.3 is 18.3 Å². The molecule has 4 nitrogen and oxygen atoms in total. The zero-order valence-corrected chi connectivity index (χ0v) is 52.2. The van der Waals surface area contributed by atoms with Crippen LogP contribution in [0, 0.1) is 0 Å². The fraction of sp³-hybridized carbons (Fsp3) is 0. The Morgan fingerprint density at radius 3 is 1.14 bits per heavy atom. The molecule has 448 valence electrons. The number of fused-ring (bicyclic) bond motifs is 15. The highest BCUT2D eigenvalue weighted by Crippen LogP contribution is 2.55. The molecule has 2 aliphatic rings. The molecule has 20 rings (SSSR count). The van der Waals surface area contributed by atoms with Gasteiger partial charge in [0.15, 0.2) is 0 Å². The number of aromatic nitrogens is 1. The van der Waals surface area contributed by atoms with E-state index in [1.165, 1.54) is 110 Å². The van der Waals surface area contributed by atoms with Gasteiger partial charge in [0.25, 0.3) is 0 Å². The first kappa shape index (κ1) is 54.9. The van der Waals surface area contributed by atoms with Gasteiger partial charge in [-0.05, 0) is 156 Å². The van der Waals surface area contributed by atoms with E-state index in [1.54, 1.807) is 0 Å². The maximum absolute atomic E-state index is 7.00. The second-order valence-corrected chi connectivity index (χ2v) is 24.9. The molecule has 2 aliphatic carbocycles. The molecule has 96 heavy (non-hydrogen) atoms. The second-order valence-electron chi connectivity index (χ2n) is 24.9. The number of rotatable bonds is 8. The van der Waals surface area contributed by atoms with Crippen LogP contribution in [0.4, 0.5) is 17.1 Å². The van der Waals surface area contributed by atoms with Crippen molar-refractivity contribution >= 4 is 71.6 Å². The summed E-state index contributed by atoms with van der Waals surface area (Å²) in [5, 5.41) is 7.22. The zero-order chi connectivity index (χ0) is 63.2. The largest absolute Gasteiger partial charge is 0.455 e. The summed E-state index contributed by atoms with van der Waals surface area (Å²) in [4.78, 5) is 2.29. The molecule has 3 aromatic heterocycles. The highest BCUT2D eigenvalue weighted by atomic mass is 16.3. The van der Waals surface area contributed by atoms with E-state index in [-0.39, 0.29) is 0 Å². The monoisotopic (exact) mass is 1220 g/mol. The van der Waals surface area contributed by atoms with Crippen LogP contribution < -0.4 is 4.90 Å². The Bertz CT molecular complexity index is 5940. The van der Waals surface area contributed by atoms with Gasteiger partial charge in [-0.3, -0.25) is 0 Å². The van der Waals surface area contributed by atoms with E-state index >= 15 is 0 Å². The lowest BCUT2D eigenvalue weighted by molar-refractivity contribution is 0.632. The summed E-state index contributed by atoms with van der Waals surface area (Å²) < 4.78 is 16.1. The van der Waals surface area contributed by atoms with Crippen LogP contribution in [0.1, 0.15) is 0 Å². The van der Waals surface area contributed by atoms with Gasteiger partial charge in [0.05, 0.1) is 11.0 Å². The number of benzene rings is 15. The molecule has 0 atom stereocenters. The van der Waals surface area contributed by atoms with Crippen molar-refractivity contribution < 1.29 is 8.83 Å². The summed E-state index contributed by atoms with van der Waals surface area (Å²) in [5.41, 5.74) is 30.2. The lowest BCUT2D eigenvalue weighted by atomic mass is 9.93. The Morgan fingerprint density at radius 1 is 0.240 bits per heavy atom. The van der Waals surface area contributed by atoms with Crippen molar-refractivity contribution in [3.05, 3.63) is 352 Å². The van der Waals surface area contributed by atoms with Crippen LogP contribution in [0.5, 0.6) is 0 Å². The van der Waals surface area contributed by atoms with Crippen molar-refractivity contribution in [3.8, 4) is 117 Å². The third-order valence-corrected chi connectivity index (χ3v) is 19.6. The molecule has 4 heteroatoms. The van der Waals surface area contributed by atoms with E-state index in [4.69, 9.17) is 8.83 Å². The second kappa shape index (κ2) is 22.5. The van der Waals surface area contributed by atoms with Crippen LogP contribution in [0.2, 0.25) is 0 Å². The predicted molar refractivity (Wildman–Crippen MR) is 400 cm³/mol. The molecule has 0 saturated carbocycles. The van der Waals surface area contributed by atoms with Crippen LogP contribution in [-0.4, -0.2) is 4.57 Å². The lowest BCUT2D eigenvalue weighted by Gasteiger charge is -2.25. The number of hydrogen-bond donors (Lipinski definition) is 0. The number of para-hydroxylation sites is 4. The van der Waals surface area contributed by atoms with Gasteiger partial charge in [-0.25, -0.2) is 0 Å². The van der Waals surface area contributed by atoms with Crippen LogP contribution in [0.15, 0.2) is 361 Å². The fourth-order valence-corrected chi connectivity index (χ4v) is 15.3. The normalized spacial score (nSPS) is 11.8. The third kappa shape index (κ3) is 8.91. The minimum Gasteiger partial charge on any atom is -0.455 e. The maximum atomic E-state index is 7.00. The first-order valence-corrected chi connectivity index (χ1v) is 32.9. The SMILES string of the molecule is c1ccc(N(c2ccccc2)c2ccc(-c3ccc(-c4oc5c6c(cc7ccccc75)-c5ccccc5-c5ccccc5-c46)cc3)cc2)cc1.c1ccc2c(c1)-c1ccccc1-c1c(-c3ccc(-c4ccc(-n5c6ccccc6c6ccccc65)cc4)cc3)oc3cccc-2c13. The fourth-order valence-electron chi connectivity index (χ4n) is 15.3. The molecule has 0 radical (unpaired) electrons. The van der Waals surface area contributed by atoms with Gasteiger partial charge in [-0.15, -0.1) is 0 Å². The molecule has 18 aromatic rings. The summed E-state index contributed by atoms with van der Waals surface area (Å²) in [5.74, 6) is 1.82.